The molecule has 1 aromatic heterocycles. The molecule has 0 fully saturated rings. The van der Waals surface area contributed by atoms with E-state index >= 15 is 0 Å². The number of nitrogens with zero attached hydrogens (tertiary/aromatic N) is 2. The number of benzene rings is 1. The number of nitrogens with one attached hydrogen (secondary N) is 1. The van der Waals surface area contributed by atoms with Gasteiger partial charge in [-0.05, 0) is 36.2 Å². The fourth-order valence-corrected chi connectivity index (χ4v) is 1.74. The molecular weight excluding hydrogens is 268 g/mol. The zero-order chi connectivity index (χ0) is 15.4. The Morgan fingerprint density at radius 3 is 2.62 bits per heavy atom. The molecule has 0 aliphatic heterocycles. The summed E-state index contributed by atoms with van der Waals surface area (Å²) in [5, 5.41) is 16.6. The Morgan fingerprint density at radius 2 is 2.00 bits per heavy atom. The molecule has 6 heteroatoms. The van der Waals surface area contributed by atoms with E-state index in [0.29, 0.717) is 11.4 Å². The van der Waals surface area contributed by atoms with Crippen LogP contribution in [-0.2, 0) is 0 Å². The van der Waals surface area contributed by atoms with Crippen molar-refractivity contribution >= 4 is 11.6 Å². The van der Waals surface area contributed by atoms with Gasteiger partial charge in [0.05, 0.1) is 11.8 Å². The number of rotatable bonds is 5. The van der Waals surface area contributed by atoms with E-state index in [1.165, 1.54) is 0 Å². The molecule has 0 saturated heterocycles. The fourth-order valence-electron chi connectivity index (χ4n) is 1.74. The number of aromatic nitrogens is 2. The van der Waals surface area contributed by atoms with Crippen LogP contribution in [0.2, 0.25) is 0 Å². The maximum atomic E-state index is 12.0. The summed E-state index contributed by atoms with van der Waals surface area (Å²) >= 11 is 0. The average molecular weight is 288 g/mol. The summed E-state index contributed by atoms with van der Waals surface area (Å²) < 4.78 is 1.60. The zero-order valence-corrected chi connectivity index (χ0v) is 12.2. The van der Waals surface area contributed by atoms with Crippen molar-refractivity contribution in [1.82, 2.24) is 15.1 Å². The monoisotopic (exact) mass is 288 g/mol. The maximum Gasteiger partial charge on any atom is 0.271 e. The van der Waals surface area contributed by atoms with Gasteiger partial charge in [-0.1, -0.05) is 13.8 Å². The Hall–Kier alpha value is -2.34. The molecule has 1 amide bonds. The van der Waals surface area contributed by atoms with E-state index in [0.717, 1.165) is 5.69 Å². The highest BCUT2D eigenvalue weighted by Crippen LogP contribution is 2.10. The second-order valence-corrected chi connectivity index (χ2v) is 5.26. The number of aliphatic hydroxyl groups is 1. The summed E-state index contributed by atoms with van der Waals surface area (Å²) in [6.07, 6.45) is 1.15. The van der Waals surface area contributed by atoms with Crippen molar-refractivity contribution in [3.05, 3.63) is 42.2 Å². The lowest BCUT2D eigenvalue weighted by Gasteiger charge is -2.14. The van der Waals surface area contributed by atoms with Crippen LogP contribution in [0.4, 0.5) is 5.69 Å². The summed E-state index contributed by atoms with van der Waals surface area (Å²) in [6, 6.07) is 8.83. The molecule has 0 radical (unpaired) electrons. The van der Waals surface area contributed by atoms with Crippen molar-refractivity contribution in [3.8, 4) is 5.69 Å². The zero-order valence-electron chi connectivity index (χ0n) is 12.2. The van der Waals surface area contributed by atoms with Crippen LogP contribution < -0.4 is 11.1 Å². The first-order valence-electron chi connectivity index (χ1n) is 6.85. The molecule has 0 aliphatic rings. The van der Waals surface area contributed by atoms with Crippen molar-refractivity contribution in [1.29, 1.82) is 0 Å². The van der Waals surface area contributed by atoms with Gasteiger partial charge in [0, 0.05) is 18.4 Å². The fraction of sp³-hybridized carbons (Fsp3) is 0.333. The third kappa shape index (κ3) is 3.82. The van der Waals surface area contributed by atoms with Crippen molar-refractivity contribution in [2.75, 3.05) is 12.3 Å². The van der Waals surface area contributed by atoms with Crippen LogP contribution in [0.3, 0.4) is 0 Å². The van der Waals surface area contributed by atoms with Gasteiger partial charge >= 0.3 is 0 Å². The SMILES string of the molecule is CC(C)C(O)CNC(=O)c1ccn(-c2ccc(N)cc2)n1. The first kappa shape index (κ1) is 15.1. The quantitative estimate of drug-likeness (QED) is 0.721. The van der Waals surface area contributed by atoms with Crippen LogP contribution in [0.1, 0.15) is 24.3 Å². The number of amides is 1. The van der Waals surface area contributed by atoms with Gasteiger partial charge in [0.25, 0.3) is 5.91 Å². The largest absolute Gasteiger partial charge is 0.399 e. The molecule has 1 heterocycles. The molecule has 2 aromatic rings. The Bertz CT molecular complexity index is 604. The Balaban J connectivity index is 2.02. The molecule has 1 atom stereocenters. The summed E-state index contributed by atoms with van der Waals surface area (Å²) in [5.74, 6) is -0.207. The van der Waals surface area contributed by atoms with Gasteiger partial charge < -0.3 is 16.2 Å². The minimum atomic E-state index is -0.562. The highest BCUT2D eigenvalue weighted by molar-refractivity contribution is 5.92. The average Bonchev–Trinajstić information content (AvgIpc) is 2.94. The summed E-state index contributed by atoms with van der Waals surface area (Å²) in [5.41, 5.74) is 7.44. The first-order valence-corrected chi connectivity index (χ1v) is 6.85. The molecule has 21 heavy (non-hydrogen) atoms. The van der Waals surface area contributed by atoms with Crippen molar-refractivity contribution in [2.24, 2.45) is 5.92 Å². The number of nitrogens with two attached hydrogens (primary N) is 1. The molecule has 0 saturated carbocycles. The predicted molar refractivity (Wildman–Crippen MR) is 81.2 cm³/mol. The van der Waals surface area contributed by atoms with Crippen LogP contribution in [-0.4, -0.2) is 33.4 Å². The molecular formula is C15H20N4O2. The van der Waals surface area contributed by atoms with E-state index in [2.05, 4.69) is 10.4 Å². The highest BCUT2D eigenvalue weighted by atomic mass is 16.3. The maximum absolute atomic E-state index is 12.0. The van der Waals surface area contributed by atoms with Crippen LogP contribution >= 0.6 is 0 Å². The number of hydrogen-bond donors (Lipinski definition) is 3. The van der Waals surface area contributed by atoms with E-state index in [-0.39, 0.29) is 18.4 Å². The van der Waals surface area contributed by atoms with Gasteiger partial charge in [-0.3, -0.25) is 4.79 Å². The highest BCUT2D eigenvalue weighted by Gasteiger charge is 2.14. The van der Waals surface area contributed by atoms with E-state index in [4.69, 9.17) is 5.73 Å². The normalized spacial score (nSPS) is 12.4. The summed E-state index contributed by atoms with van der Waals surface area (Å²) in [4.78, 5) is 12.0. The molecule has 1 aromatic carbocycles. The molecule has 112 valence electrons. The molecule has 0 bridgehead atoms. The number of carbonyl (C=O) groups is 1. The van der Waals surface area contributed by atoms with Crippen molar-refractivity contribution in [2.45, 2.75) is 20.0 Å². The van der Waals surface area contributed by atoms with E-state index in [1.54, 1.807) is 29.1 Å². The Morgan fingerprint density at radius 1 is 1.33 bits per heavy atom. The number of carbonyl (C=O) groups excluding carboxylic acids is 1. The molecule has 0 spiro atoms. The van der Waals surface area contributed by atoms with Crippen LogP contribution in [0, 0.1) is 5.92 Å². The van der Waals surface area contributed by atoms with Crippen LogP contribution in [0.15, 0.2) is 36.5 Å². The second kappa shape index (κ2) is 6.41. The standard InChI is InChI=1S/C15H20N4O2/c1-10(2)14(20)9-17-15(21)13-7-8-19(18-13)12-5-3-11(16)4-6-12/h3-8,10,14,20H,9,16H2,1-2H3,(H,17,21). The number of hydrogen-bond acceptors (Lipinski definition) is 4. The molecule has 2 rings (SSSR count). The lowest BCUT2D eigenvalue weighted by molar-refractivity contribution is 0.0867. The van der Waals surface area contributed by atoms with E-state index < -0.39 is 6.10 Å². The third-order valence-corrected chi connectivity index (χ3v) is 3.22. The smallest absolute Gasteiger partial charge is 0.271 e. The second-order valence-electron chi connectivity index (χ2n) is 5.26. The van der Waals surface area contributed by atoms with E-state index in [9.17, 15) is 9.90 Å². The van der Waals surface area contributed by atoms with Gasteiger partial charge in [0.1, 0.15) is 0 Å². The minimum Gasteiger partial charge on any atom is -0.399 e. The summed E-state index contributed by atoms with van der Waals surface area (Å²) in [7, 11) is 0. The lowest BCUT2D eigenvalue weighted by Crippen LogP contribution is -2.34. The minimum absolute atomic E-state index is 0.0950. The Kier molecular flexibility index (Phi) is 4.59. The van der Waals surface area contributed by atoms with Gasteiger partial charge in [-0.25, -0.2) is 4.68 Å². The first-order chi connectivity index (χ1) is 9.97. The van der Waals surface area contributed by atoms with Crippen LogP contribution in [0.25, 0.3) is 5.69 Å². The predicted octanol–water partition coefficient (Wildman–Crippen LogP) is 1.20. The number of aliphatic hydroxyl groups excluding tert-OH is 1. The number of anilines is 1. The molecule has 4 N–H and O–H groups in total. The van der Waals surface area contributed by atoms with Gasteiger partial charge in [-0.2, -0.15) is 5.10 Å². The molecule has 1 unspecified atom stereocenters. The number of nitrogen functional groups attached to an aromatic ring is 1. The third-order valence-electron chi connectivity index (χ3n) is 3.22. The van der Waals surface area contributed by atoms with Gasteiger partial charge in [-0.15, -0.1) is 0 Å². The van der Waals surface area contributed by atoms with Gasteiger partial charge in [0.2, 0.25) is 0 Å². The topological polar surface area (TPSA) is 93.2 Å². The summed E-state index contributed by atoms with van der Waals surface area (Å²) in [6.45, 7) is 4.00. The van der Waals surface area contributed by atoms with Gasteiger partial charge in [0.15, 0.2) is 5.69 Å². The van der Waals surface area contributed by atoms with Crippen LogP contribution in [0.5, 0.6) is 0 Å². The molecule has 0 aliphatic carbocycles. The van der Waals surface area contributed by atoms with Crippen molar-refractivity contribution < 1.29 is 9.90 Å². The van der Waals surface area contributed by atoms with E-state index in [1.807, 2.05) is 26.0 Å². The Labute approximate surface area is 123 Å². The molecule has 6 nitrogen and oxygen atoms in total. The van der Waals surface area contributed by atoms with Crippen molar-refractivity contribution in [3.63, 3.8) is 0 Å². The lowest BCUT2D eigenvalue weighted by atomic mass is 10.1.